The number of nitrogens with zero attached hydrogens (tertiary/aromatic N) is 2. The topological polar surface area (TPSA) is 71.5 Å². The molecule has 1 fully saturated rings. The molecule has 6 nitrogen and oxygen atoms in total. The number of para-hydroxylation sites is 2. The van der Waals surface area contributed by atoms with Gasteiger partial charge in [0.15, 0.2) is 11.7 Å². The first-order chi connectivity index (χ1) is 11.7. The Labute approximate surface area is 143 Å². The van der Waals surface area contributed by atoms with Crippen LogP contribution in [0.5, 0.6) is 5.75 Å². The summed E-state index contributed by atoms with van der Waals surface area (Å²) in [5.41, 5.74) is 1.79. The number of hydrogen-bond acceptors (Lipinski definition) is 5. The van der Waals surface area contributed by atoms with Crippen molar-refractivity contribution in [1.29, 1.82) is 0 Å². The zero-order valence-corrected chi connectivity index (χ0v) is 13.8. The van der Waals surface area contributed by atoms with Gasteiger partial charge in [0.05, 0.1) is 11.4 Å². The van der Waals surface area contributed by atoms with Gasteiger partial charge in [0.2, 0.25) is 5.91 Å². The van der Waals surface area contributed by atoms with Gasteiger partial charge in [0, 0.05) is 24.3 Å². The molecule has 0 unspecified atom stereocenters. The summed E-state index contributed by atoms with van der Waals surface area (Å²) in [6.07, 6.45) is 2.60. The first-order valence-corrected chi connectivity index (χ1v) is 8.86. The minimum absolute atomic E-state index is 0.00978. The van der Waals surface area contributed by atoms with E-state index in [-0.39, 0.29) is 24.8 Å². The number of nitrogens with one attached hydrogen (secondary N) is 1. The molecule has 1 aliphatic carbocycles. The number of thiazole rings is 1. The molecule has 2 heterocycles. The molecule has 1 saturated carbocycles. The molecule has 1 aromatic carbocycles. The molecule has 24 heavy (non-hydrogen) atoms. The highest BCUT2D eigenvalue weighted by molar-refractivity contribution is 7.13. The fourth-order valence-corrected chi connectivity index (χ4v) is 3.51. The van der Waals surface area contributed by atoms with Crippen molar-refractivity contribution in [1.82, 2.24) is 4.98 Å². The number of carbonyl (C=O) groups is 2. The number of aromatic nitrogens is 1. The SMILES string of the molecule is O=C(CCN1C(=O)COc2ccccc21)Nc1nc(C2CC2)cs1. The van der Waals surface area contributed by atoms with E-state index in [1.54, 1.807) is 4.90 Å². The van der Waals surface area contributed by atoms with Crippen LogP contribution in [0.15, 0.2) is 29.6 Å². The average Bonchev–Trinajstić information content (AvgIpc) is 3.34. The number of benzene rings is 1. The summed E-state index contributed by atoms with van der Waals surface area (Å²) in [6, 6.07) is 7.36. The summed E-state index contributed by atoms with van der Waals surface area (Å²) >= 11 is 1.45. The molecule has 2 aromatic rings. The maximum atomic E-state index is 12.2. The van der Waals surface area contributed by atoms with Crippen molar-refractivity contribution in [2.45, 2.75) is 25.2 Å². The highest BCUT2D eigenvalue weighted by Crippen LogP contribution is 2.40. The molecule has 2 aliphatic rings. The number of hydrogen-bond donors (Lipinski definition) is 1. The fraction of sp³-hybridized carbons (Fsp3) is 0.353. The summed E-state index contributed by atoms with van der Waals surface area (Å²) in [4.78, 5) is 30.3. The zero-order chi connectivity index (χ0) is 16.5. The lowest BCUT2D eigenvalue weighted by molar-refractivity contribution is -0.121. The van der Waals surface area contributed by atoms with E-state index >= 15 is 0 Å². The molecule has 124 valence electrons. The van der Waals surface area contributed by atoms with E-state index in [2.05, 4.69) is 10.3 Å². The molecule has 0 bridgehead atoms. The van der Waals surface area contributed by atoms with Gasteiger partial charge in [0.1, 0.15) is 5.75 Å². The van der Waals surface area contributed by atoms with Gasteiger partial charge < -0.3 is 15.0 Å². The molecule has 1 aromatic heterocycles. The third-order valence-electron chi connectivity index (χ3n) is 4.13. The number of fused-ring (bicyclic) bond motifs is 1. The Kier molecular flexibility index (Phi) is 3.93. The molecule has 0 spiro atoms. The first kappa shape index (κ1) is 15.1. The molecular weight excluding hydrogens is 326 g/mol. The molecule has 0 atom stereocenters. The summed E-state index contributed by atoms with van der Waals surface area (Å²) in [5, 5.41) is 5.47. The second kappa shape index (κ2) is 6.24. The maximum Gasteiger partial charge on any atom is 0.265 e. The largest absolute Gasteiger partial charge is 0.482 e. The van der Waals surface area contributed by atoms with Crippen LogP contribution in [0.25, 0.3) is 0 Å². The number of rotatable bonds is 5. The van der Waals surface area contributed by atoms with Crippen molar-refractivity contribution < 1.29 is 14.3 Å². The molecular formula is C17H17N3O3S. The quantitative estimate of drug-likeness (QED) is 0.906. The molecule has 7 heteroatoms. The third kappa shape index (κ3) is 3.12. The van der Waals surface area contributed by atoms with Gasteiger partial charge in [-0.1, -0.05) is 12.1 Å². The third-order valence-corrected chi connectivity index (χ3v) is 4.91. The van der Waals surface area contributed by atoms with Gasteiger partial charge in [-0.25, -0.2) is 4.98 Å². The van der Waals surface area contributed by atoms with Gasteiger partial charge in [-0.05, 0) is 25.0 Å². The van der Waals surface area contributed by atoms with Gasteiger partial charge >= 0.3 is 0 Å². The molecule has 0 radical (unpaired) electrons. The van der Waals surface area contributed by atoms with Crippen molar-refractivity contribution >= 4 is 34.0 Å². The van der Waals surface area contributed by atoms with Crippen molar-refractivity contribution in [2.75, 3.05) is 23.4 Å². The van der Waals surface area contributed by atoms with Crippen molar-refractivity contribution in [3.05, 3.63) is 35.3 Å². The Morgan fingerprint density at radius 2 is 2.21 bits per heavy atom. The van der Waals surface area contributed by atoms with Crippen molar-refractivity contribution in [3.63, 3.8) is 0 Å². The molecule has 0 saturated heterocycles. The normalized spacial score (nSPS) is 16.5. The summed E-state index contributed by atoms with van der Waals surface area (Å²) in [6.45, 7) is 0.335. The average molecular weight is 343 g/mol. The lowest BCUT2D eigenvalue weighted by Gasteiger charge is -2.29. The van der Waals surface area contributed by atoms with Crippen LogP contribution in [0.2, 0.25) is 0 Å². The second-order valence-electron chi connectivity index (χ2n) is 5.95. The van der Waals surface area contributed by atoms with E-state index in [9.17, 15) is 9.59 Å². The lowest BCUT2D eigenvalue weighted by Crippen LogP contribution is -2.40. The van der Waals surface area contributed by atoms with E-state index in [4.69, 9.17) is 4.74 Å². The van der Waals surface area contributed by atoms with Crippen LogP contribution in [0.4, 0.5) is 10.8 Å². The predicted octanol–water partition coefficient (Wildman–Crippen LogP) is 2.77. The Bertz CT molecular complexity index is 785. The van der Waals surface area contributed by atoms with Crippen LogP contribution in [0.1, 0.15) is 30.9 Å². The highest BCUT2D eigenvalue weighted by atomic mass is 32.1. The number of carbonyl (C=O) groups excluding carboxylic acids is 2. The highest BCUT2D eigenvalue weighted by Gasteiger charge is 2.27. The van der Waals surface area contributed by atoms with Gasteiger partial charge in [-0.3, -0.25) is 9.59 Å². The van der Waals surface area contributed by atoms with E-state index < -0.39 is 0 Å². The van der Waals surface area contributed by atoms with E-state index in [0.717, 1.165) is 5.69 Å². The monoisotopic (exact) mass is 343 g/mol. The van der Waals surface area contributed by atoms with E-state index in [1.165, 1.54) is 24.2 Å². The van der Waals surface area contributed by atoms with Crippen molar-refractivity contribution in [3.8, 4) is 5.75 Å². The molecule has 1 aliphatic heterocycles. The Morgan fingerprint density at radius 3 is 3.04 bits per heavy atom. The lowest BCUT2D eigenvalue weighted by atomic mass is 10.2. The first-order valence-electron chi connectivity index (χ1n) is 7.98. The number of ether oxygens (including phenoxy) is 1. The van der Waals surface area contributed by atoms with E-state index in [1.807, 2.05) is 29.6 Å². The van der Waals surface area contributed by atoms with E-state index in [0.29, 0.717) is 29.0 Å². The molecule has 1 N–H and O–H groups in total. The van der Waals surface area contributed by atoms with Crippen molar-refractivity contribution in [2.24, 2.45) is 0 Å². The van der Waals surface area contributed by atoms with Gasteiger partial charge in [0.25, 0.3) is 5.91 Å². The summed E-state index contributed by atoms with van der Waals surface area (Å²) < 4.78 is 5.40. The van der Waals surface area contributed by atoms with Gasteiger partial charge in [-0.2, -0.15) is 0 Å². The summed E-state index contributed by atoms with van der Waals surface area (Å²) in [5.74, 6) is 0.983. The Hall–Kier alpha value is -2.41. The smallest absolute Gasteiger partial charge is 0.265 e. The van der Waals surface area contributed by atoms with Crippen LogP contribution in [0.3, 0.4) is 0 Å². The minimum Gasteiger partial charge on any atom is -0.482 e. The Morgan fingerprint density at radius 1 is 1.38 bits per heavy atom. The van der Waals surface area contributed by atoms with Crippen LogP contribution >= 0.6 is 11.3 Å². The Balaban J connectivity index is 1.37. The summed E-state index contributed by atoms with van der Waals surface area (Å²) in [7, 11) is 0. The zero-order valence-electron chi connectivity index (χ0n) is 13.0. The second-order valence-corrected chi connectivity index (χ2v) is 6.81. The molecule has 4 rings (SSSR count). The van der Waals surface area contributed by atoms with Crippen LogP contribution in [-0.2, 0) is 9.59 Å². The van der Waals surface area contributed by atoms with Crippen LogP contribution in [-0.4, -0.2) is 29.9 Å². The maximum absolute atomic E-state index is 12.2. The van der Waals surface area contributed by atoms with Gasteiger partial charge in [-0.15, -0.1) is 11.3 Å². The molecule has 2 amide bonds. The standard InChI is InChI=1S/C17H17N3O3S/c21-15(19-17-18-12(10-24-17)11-5-6-11)7-8-20-13-3-1-2-4-14(13)23-9-16(20)22/h1-4,10-11H,5-9H2,(H,18,19,21). The fourth-order valence-electron chi connectivity index (χ4n) is 2.70. The van der Waals surface area contributed by atoms with Crippen LogP contribution in [0, 0.1) is 0 Å². The number of anilines is 2. The minimum atomic E-state index is -0.136. The van der Waals surface area contributed by atoms with Crippen LogP contribution < -0.4 is 15.0 Å². The number of amides is 2. The predicted molar refractivity (Wildman–Crippen MR) is 91.6 cm³/mol.